The zero-order valence-electron chi connectivity index (χ0n) is 10.9. The maximum Gasteiger partial charge on any atom is 0.123 e. The van der Waals surface area contributed by atoms with Gasteiger partial charge < -0.3 is 15.1 Å². The fourth-order valence-corrected chi connectivity index (χ4v) is 2.86. The van der Waals surface area contributed by atoms with Crippen LogP contribution in [-0.2, 0) is 6.54 Å². The molecule has 1 aliphatic carbocycles. The van der Waals surface area contributed by atoms with Gasteiger partial charge in [-0.2, -0.15) is 0 Å². The molecular formula is C15H17BrN2O. The maximum atomic E-state index is 5.95. The highest BCUT2D eigenvalue weighted by molar-refractivity contribution is 9.10. The molecule has 1 aliphatic rings. The molecule has 3 nitrogen and oxygen atoms in total. The summed E-state index contributed by atoms with van der Waals surface area (Å²) in [5, 5.41) is 0. The topological polar surface area (TPSA) is 42.4 Å². The minimum atomic E-state index is 0.615. The van der Waals surface area contributed by atoms with Crippen LogP contribution in [0.2, 0.25) is 0 Å². The molecule has 100 valence electrons. The third-order valence-corrected chi connectivity index (χ3v) is 4.17. The van der Waals surface area contributed by atoms with E-state index in [1.165, 1.54) is 18.5 Å². The van der Waals surface area contributed by atoms with E-state index in [2.05, 4.69) is 26.9 Å². The largest absolute Gasteiger partial charge is 0.467 e. The van der Waals surface area contributed by atoms with Gasteiger partial charge in [-0.05, 0) is 65.5 Å². The molecule has 19 heavy (non-hydrogen) atoms. The third kappa shape index (κ3) is 2.63. The first kappa shape index (κ1) is 12.6. The number of nitrogens with two attached hydrogens (primary N) is 1. The summed E-state index contributed by atoms with van der Waals surface area (Å²) < 4.78 is 6.53. The molecule has 1 heterocycles. The van der Waals surface area contributed by atoms with Crippen LogP contribution >= 0.6 is 15.9 Å². The van der Waals surface area contributed by atoms with Gasteiger partial charge in [0, 0.05) is 16.2 Å². The number of furan rings is 1. The lowest BCUT2D eigenvalue weighted by atomic mass is 10.1. The average molecular weight is 321 g/mol. The minimum Gasteiger partial charge on any atom is -0.467 e. The Morgan fingerprint density at radius 1 is 1.42 bits per heavy atom. The summed E-state index contributed by atoms with van der Waals surface area (Å²) in [6.07, 6.45) is 4.22. The summed E-state index contributed by atoms with van der Waals surface area (Å²) >= 11 is 3.63. The van der Waals surface area contributed by atoms with Crippen LogP contribution in [0.5, 0.6) is 0 Å². The SMILES string of the molecule is Cc1cc(N(Cc2ccco2)C2CC2)c(Br)cc1N. The number of halogens is 1. The van der Waals surface area contributed by atoms with Crippen LogP contribution in [0.4, 0.5) is 11.4 Å². The molecule has 1 aromatic carbocycles. The van der Waals surface area contributed by atoms with Crippen LogP contribution < -0.4 is 10.6 Å². The quantitative estimate of drug-likeness (QED) is 0.862. The highest BCUT2D eigenvalue weighted by atomic mass is 79.9. The van der Waals surface area contributed by atoms with Gasteiger partial charge in [-0.1, -0.05) is 0 Å². The molecule has 2 aromatic rings. The van der Waals surface area contributed by atoms with E-state index in [0.29, 0.717) is 6.04 Å². The Morgan fingerprint density at radius 3 is 2.84 bits per heavy atom. The summed E-state index contributed by atoms with van der Waals surface area (Å²) in [4.78, 5) is 2.40. The predicted molar refractivity (Wildman–Crippen MR) is 81.2 cm³/mol. The molecule has 0 saturated heterocycles. The van der Waals surface area contributed by atoms with Gasteiger partial charge in [-0.25, -0.2) is 0 Å². The number of hydrogen-bond acceptors (Lipinski definition) is 3. The fourth-order valence-electron chi connectivity index (χ4n) is 2.27. The number of nitrogens with zero attached hydrogens (tertiary/aromatic N) is 1. The van der Waals surface area contributed by atoms with Crippen molar-refractivity contribution in [2.75, 3.05) is 10.6 Å². The standard InChI is InChI=1S/C15H17BrN2O/c1-10-7-15(13(16)8-14(10)17)18(11-4-5-11)9-12-3-2-6-19-12/h2-3,6-8,11H,4-5,9,17H2,1H3. The van der Waals surface area contributed by atoms with Crippen molar-refractivity contribution >= 4 is 27.3 Å². The molecule has 4 heteroatoms. The van der Waals surface area contributed by atoms with Gasteiger partial charge in [0.15, 0.2) is 0 Å². The lowest BCUT2D eigenvalue weighted by Gasteiger charge is -2.25. The van der Waals surface area contributed by atoms with Crippen molar-refractivity contribution in [2.24, 2.45) is 0 Å². The van der Waals surface area contributed by atoms with E-state index in [-0.39, 0.29) is 0 Å². The van der Waals surface area contributed by atoms with Crippen molar-refractivity contribution in [1.82, 2.24) is 0 Å². The van der Waals surface area contributed by atoms with Gasteiger partial charge in [0.2, 0.25) is 0 Å². The molecule has 1 aromatic heterocycles. The summed E-state index contributed by atoms with van der Waals surface area (Å²) in [7, 11) is 0. The summed E-state index contributed by atoms with van der Waals surface area (Å²) in [5.41, 5.74) is 9.09. The molecular weight excluding hydrogens is 304 g/mol. The van der Waals surface area contributed by atoms with E-state index in [1.54, 1.807) is 6.26 Å². The Hall–Kier alpha value is -1.42. The first-order valence-electron chi connectivity index (χ1n) is 6.50. The van der Waals surface area contributed by atoms with E-state index < -0.39 is 0 Å². The van der Waals surface area contributed by atoms with Crippen LogP contribution in [-0.4, -0.2) is 6.04 Å². The van der Waals surface area contributed by atoms with Crippen molar-refractivity contribution in [3.8, 4) is 0 Å². The highest BCUT2D eigenvalue weighted by Gasteiger charge is 2.31. The number of rotatable bonds is 4. The molecule has 0 radical (unpaired) electrons. The Kier molecular flexibility index (Phi) is 3.27. The fraction of sp³-hybridized carbons (Fsp3) is 0.333. The number of hydrogen-bond donors (Lipinski definition) is 1. The minimum absolute atomic E-state index is 0.615. The van der Waals surface area contributed by atoms with Gasteiger partial charge in [-0.15, -0.1) is 0 Å². The van der Waals surface area contributed by atoms with E-state index in [9.17, 15) is 0 Å². The summed E-state index contributed by atoms with van der Waals surface area (Å²) in [5.74, 6) is 0.994. The van der Waals surface area contributed by atoms with E-state index in [4.69, 9.17) is 10.2 Å². The normalized spacial score (nSPS) is 14.6. The van der Waals surface area contributed by atoms with Crippen LogP contribution in [0.3, 0.4) is 0 Å². The second-order valence-electron chi connectivity index (χ2n) is 5.10. The molecule has 3 rings (SSSR count). The number of anilines is 2. The summed E-state index contributed by atoms with van der Waals surface area (Å²) in [6.45, 7) is 2.85. The maximum absolute atomic E-state index is 5.95. The molecule has 1 saturated carbocycles. The molecule has 0 atom stereocenters. The van der Waals surface area contributed by atoms with Gasteiger partial charge in [0.25, 0.3) is 0 Å². The third-order valence-electron chi connectivity index (χ3n) is 3.54. The number of aryl methyl sites for hydroxylation is 1. The molecule has 1 fully saturated rings. The zero-order valence-corrected chi connectivity index (χ0v) is 12.5. The van der Waals surface area contributed by atoms with Gasteiger partial charge in [0.05, 0.1) is 18.5 Å². The zero-order chi connectivity index (χ0) is 13.4. The van der Waals surface area contributed by atoms with Crippen molar-refractivity contribution < 1.29 is 4.42 Å². The Balaban J connectivity index is 1.94. The number of nitrogen functional groups attached to an aromatic ring is 1. The van der Waals surface area contributed by atoms with Crippen molar-refractivity contribution in [3.63, 3.8) is 0 Å². The van der Waals surface area contributed by atoms with Crippen LogP contribution in [0.25, 0.3) is 0 Å². The van der Waals surface area contributed by atoms with E-state index >= 15 is 0 Å². The Morgan fingerprint density at radius 2 is 2.21 bits per heavy atom. The van der Waals surface area contributed by atoms with Crippen LogP contribution in [0.15, 0.2) is 39.4 Å². The number of benzene rings is 1. The second-order valence-corrected chi connectivity index (χ2v) is 5.95. The smallest absolute Gasteiger partial charge is 0.123 e. The molecule has 0 aliphatic heterocycles. The van der Waals surface area contributed by atoms with Crippen molar-refractivity contribution in [3.05, 3.63) is 46.3 Å². The molecule has 2 N–H and O–H groups in total. The Labute approximate surface area is 121 Å². The lowest BCUT2D eigenvalue weighted by molar-refractivity contribution is 0.501. The van der Waals surface area contributed by atoms with Crippen LogP contribution in [0.1, 0.15) is 24.2 Å². The predicted octanol–water partition coefficient (Wildman–Crippen LogP) is 4.10. The monoisotopic (exact) mass is 320 g/mol. The van der Waals surface area contributed by atoms with Crippen molar-refractivity contribution in [2.45, 2.75) is 32.4 Å². The first-order chi connectivity index (χ1) is 9.15. The van der Waals surface area contributed by atoms with Gasteiger partial charge >= 0.3 is 0 Å². The van der Waals surface area contributed by atoms with Crippen molar-refractivity contribution in [1.29, 1.82) is 0 Å². The van der Waals surface area contributed by atoms with E-state index in [0.717, 1.165) is 28.0 Å². The van der Waals surface area contributed by atoms with Crippen LogP contribution in [0, 0.1) is 6.92 Å². The Bertz CT molecular complexity index is 576. The average Bonchev–Trinajstić information content (AvgIpc) is 3.09. The van der Waals surface area contributed by atoms with Gasteiger partial charge in [-0.3, -0.25) is 0 Å². The second kappa shape index (κ2) is 4.93. The van der Waals surface area contributed by atoms with Gasteiger partial charge in [0.1, 0.15) is 5.76 Å². The molecule has 0 amide bonds. The molecule has 0 bridgehead atoms. The lowest BCUT2D eigenvalue weighted by Crippen LogP contribution is -2.25. The highest BCUT2D eigenvalue weighted by Crippen LogP contribution is 2.38. The first-order valence-corrected chi connectivity index (χ1v) is 7.29. The van der Waals surface area contributed by atoms with E-state index in [1.807, 2.05) is 25.1 Å². The summed E-state index contributed by atoms with van der Waals surface area (Å²) in [6, 6.07) is 8.71. The molecule has 0 unspecified atom stereocenters. The molecule has 0 spiro atoms.